The van der Waals surface area contributed by atoms with E-state index in [1.54, 1.807) is 0 Å². The molecule has 2 aromatic carbocycles. The molecule has 2 rings (SSSR count). The van der Waals surface area contributed by atoms with E-state index in [1.165, 1.54) is 11.1 Å². The van der Waals surface area contributed by atoms with Crippen molar-refractivity contribution in [1.29, 1.82) is 0 Å². The van der Waals surface area contributed by atoms with E-state index < -0.39 is 0 Å². The SMILES string of the molecule is C=C/C(C)=C/C[C@@H](OCc1ccccc1)[C@@H](C(=C)C)[C@H](C)COCc1ccccc1. The maximum atomic E-state index is 6.44. The second-order valence-corrected chi connectivity index (χ2v) is 8.07. The lowest BCUT2D eigenvalue weighted by molar-refractivity contribution is -0.0196. The summed E-state index contributed by atoms with van der Waals surface area (Å²) in [6.45, 7) is 16.4. The van der Waals surface area contributed by atoms with Crippen LogP contribution in [-0.2, 0) is 22.7 Å². The quantitative estimate of drug-likeness (QED) is 0.261. The van der Waals surface area contributed by atoms with Gasteiger partial charge in [0.2, 0.25) is 0 Å². The van der Waals surface area contributed by atoms with Crippen LogP contribution in [0.25, 0.3) is 0 Å². The third kappa shape index (κ3) is 8.14. The summed E-state index contributed by atoms with van der Waals surface area (Å²) in [5, 5.41) is 0. The molecule has 0 unspecified atom stereocenters. The maximum Gasteiger partial charge on any atom is 0.0721 e. The van der Waals surface area contributed by atoms with Gasteiger partial charge < -0.3 is 9.47 Å². The molecule has 0 saturated carbocycles. The minimum Gasteiger partial charge on any atom is -0.376 e. The molecule has 0 radical (unpaired) electrons. The Kier molecular flexibility index (Phi) is 10.3. The van der Waals surface area contributed by atoms with E-state index in [9.17, 15) is 0 Å². The number of benzene rings is 2. The average Bonchev–Trinajstić information content (AvgIpc) is 2.76. The van der Waals surface area contributed by atoms with E-state index in [1.807, 2.05) is 42.5 Å². The van der Waals surface area contributed by atoms with Crippen LogP contribution < -0.4 is 0 Å². The van der Waals surface area contributed by atoms with Crippen molar-refractivity contribution < 1.29 is 9.47 Å². The molecular formula is C28H36O2. The Morgan fingerprint density at radius 2 is 1.50 bits per heavy atom. The van der Waals surface area contributed by atoms with Crippen molar-refractivity contribution >= 4 is 0 Å². The molecule has 2 nitrogen and oxygen atoms in total. The molecule has 30 heavy (non-hydrogen) atoms. The minimum atomic E-state index is 0.0351. The molecule has 0 aliphatic heterocycles. The molecule has 0 N–H and O–H groups in total. The smallest absolute Gasteiger partial charge is 0.0721 e. The molecule has 2 heteroatoms. The average molecular weight is 405 g/mol. The number of hydrogen-bond acceptors (Lipinski definition) is 2. The summed E-state index contributed by atoms with van der Waals surface area (Å²) in [7, 11) is 0. The van der Waals surface area contributed by atoms with Gasteiger partial charge in [-0.05, 0) is 37.3 Å². The monoisotopic (exact) mass is 404 g/mol. The molecule has 2 aromatic rings. The van der Waals surface area contributed by atoms with Gasteiger partial charge in [0, 0.05) is 5.92 Å². The fourth-order valence-electron chi connectivity index (χ4n) is 3.69. The second kappa shape index (κ2) is 13.0. The molecule has 0 aliphatic carbocycles. The zero-order valence-corrected chi connectivity index (χ0v) is 18.7. The van der Waals surface area contributed by atoms with Gasteiger partial charge >= 0.3 is 0 Å². The van der Waals surface area contributed by atoms with Gasteiger partial charge in [-0.25, -0.2) is 0 Å². The third-order valence-corrected chi connectivity index (χ3v) is 5.38. The Morgan fingerprint density at radius 1 is 0.933 bits per heavy atom. The Hall–Kier alpha value is -2.42. The summed E-state index contributed by atoms with van der Waals surface area (Å²) >= 11 is 0. The predicted molar refractivity (Wildman–Crippen MR) is 127 cm³/mol. The molecule has 0 amide bonds. The van der Waals surface area contributed by atoms with Crippen molar-refractivity contribution in [2.24, 2.45) is 11.8 Å². The van der Waals surface area contributed by atoms with Crippen molar-refractivity contribution in [2.75, 3.05) is 6.61 Å². The van der Waals surface area contributed by atoms with E-state index in [4.69, 9.17) is 9.47 Å². The van der Waals surface area contributed by atoms with Gasteiger partial charge in [0.25, 0.3) is 0 Å². The van der Waals surface area contributed by atoms with Crippen molar-refractivity contribution in [1.82, 2.24) is 0 Å². The van der Waals surface area contributed by atoms with Gasteiger partial charge in [-0.3, -0.25) is 0 Å². The van der Waals surface area contributed by atoms with Crippen molar-refractivity contribution in [3.05, 3.63) is 108 Å². The molecule has 0 fully saturated rings. The van der Waals surface area contributed by atoms with Crippen LogP contribution in [0.15, 0.2) is 97.1 Å². The van der Waals surface area contributed by atoms with Crippen LogP contribution in [0.5, 0.6) is 0 Å². The summed E-state index contributed by atoms with van der Waals surface area (Å²) in [5.74, 6) is 0.503. The summed E-state index contributed by atoms with van der Waals surface area (Å²) in [6.07, 6.45) is 4.95. The Bertz CT molecular complexity index is 792. The minimum absolute atomic E-state index is 0.0351. The van der Waals surface area contributed by atoms with Crippen LogP contribution in [-0.4, -0.2) is 12.7 Å². The van der Waals surface area contributed by atoms with Gasteiger partial charge in [0.1, 0.15) is 0 Å². The summed E-state index contributed by atoms with van der Waals surface area (Å²) in [6, 6.07) is 20.6. The summed E-state index contributed by atoms with van der Waals surface area (Å²) < 4.78 is 12.5. The molecule has 3 atom stereocenters. The molecule has 0 aromatic heterocycles. The first-order valence-corrected chi connectivity index (χ1v) is 10.7. The van der Waals surface area contributed by atoms with E-state index in [2.05, 4.69) is 64.3 Å². The lowest BCUT2D eigenvalue weighted by Gasteiger charge is -2.32. The number of hydrogen-bond donors (Lipinski definition) is 0. The second-order valence-electron chi connectivity index (χ2n) is 8.07. The van der Waals surface area contributed by atoms with Gasteiger partial charge in [0.05, 0.1) is 25.9 Å². The highest BCUT2D eigenvalue weighted by atomic mass is 16.5. The van der Waals surface area contributed by atoms with Gasteiger partial charge in [-0.15, -0.1) is 0 Å². The van der Waals surface area contributed by atoms with Crippen LogP contribution in [0, 0.1) is 11.8 Å². The third-order valence-electron chi connectivity index (χ3n) is 5.38. The van der Waals surface area contributed by atoms with Crippen molar-refractivity contribution in [3.63, 3.8) is 0 Å². The zero-order valence-electron chi connectivity index (χ0n) is 18.7. The predicted octanol–water partition coefficient (Wildman–Crippen LogP) is 7.14. The van der Waals surface area contributed by atoms with Crippen LogP contribution >= 0.6 is 0 Å². The largest absolute Gasteiger partial charge is 0.376 e. The van der Waals surface area contributed by atoms with E-state index in [0.717, 1.165) is 17.6 Å². The Morgan fingerprint density at radius 3 is 2.03 bits per heavy atom. The molecular weight excluding hydrogens is 368 g/mol. The first-order chi connectivity index (χ1) is 14.5. The lowest BCUT2D eigenvalue weighted by Crippen LogP contribution is -2.32. The molecule has 160 valence electrons. The van der Waals surface area contributed by atoms with Crippen LogP contribution in [0.2, 0.25) is 0 Å². The fraction of sp³-hybridized carbons (Fsp3) is 0.357. The molecule has 0 spiro atoms. The first kappa shape index (κ1) is 23.9. The van der Waals surface area contributed by atoms with Crippen LogP contribution in [0.3, 0.4) is 0 Å². The normalized spacial score (nSPS) is 14.7. The van der Waals surface area contributed by atoms with Gasteiger partial charge in [0.15, 0.2) is 0 Å². The Labute approximate surface area is 182 Å². The van der Waals surface area contributed by atoms with Crippen LogP contribution in [0.1, 0.15) is 38.3 Å². The fourth-order valence-corrected chi connectivity index (χ4v) is 3.69. The van der Waals surface area contributed by atoms with Gasteiger partial charge in [-0.1, -0.05) is 104 Å². The number of ether oxygens (including phenoxy) is 2. The highest BCUT2D eigenvalue weighted by Crippen LogP contribution is 2.29. The first-order valence-electron chi connectivity index (χ1n) is 10.7. The highest BCUT2D eigenvalue weighted by Gasteiger charge is 2.28. The standard InChI is InChI=1S/C28H36O2/c1-6-23(4)17-18-27(30-21-26-15-11-8-12-16-26)28(22(2)3)24(5)19-29-20-25-13-9-7-10-14-25/h6-17,24,27-28H,1-2,18-21H2,3-5H3/b23-17+/t24-,27-,28+/m1/s1. The molecule has 0 saturated heterocycles. The zero-order chi connectivity index (χ0) is 21.8. The summed E-state index contributed by atoms with van der Waals surface area (Å²) in [4.78, 5) is 0. The maximum absolute atomic E-state index is 6.44. The molecule has 0 heterocycles. The lowest BCUT2D eigenvalue weighted by atomic mass is 9.82. The highest BCUT2D eigenvalue weighted by molar-refractivity contribution is 5.16. The van der Waals surface area contributed by atoms with E-state index in [0.29, 0.717) is 25.7 Å². The molecule has 0 aliphatic rings. The molecule has 0 bridgehead atoms. The summed E-state index contributed by atoms with van der Waals surface area (Å²) in [5.41, 5.74) is 4.67. The number of rotatable bonds is 13. The van der Waals surface area contributed by atoms with Crippen molar-refractivity contribution in [3.8, 4) is 0 Å². The van der Waals surface area contributed by atoms with Gasteiger partial charge in [-0.2, -0.15) is 0 Å². The topological polar surface area (TPSA) is 18.5 Å². The Balaban J connectivity index is 2.06. The number of allylic oxidation sites excluding steroid dienone is 2. The van der Waals surface area contributed by atoms with Crippen molar-refractivity contribution in [2.45, 2.75) is 46.5 Å². The van der Waals surface area contributed by atoms with E-state index in [-0.39, 0.29) is 12.0 Å². The van der Waals surface area contributed by atoms with E-state index >= 15 is 0 Å². The van der Waals surface area contributed by atoms with Crippen LogP contribution in [0.4, 0.5) is 0 Å².